The van der Waals surface area contributed by atoms with E-state index < -0.39 is 5.97 Å². The number of carbonyl (C=O) groups is 1. The lowest BCUT2D eigenvalue weighted by Crippen LogP contribution is -1.99. The summed E-state index contributed by atoms with van der Waals surface area (Å²) in [7, 11) is 0. The monoisotopic (exact) mass is 292 g/mol. The summed E-state index contributed by atoms with van der Waals surface area (Å²) in [6.07, 6.45) is 0.0711. The van der Waals surface area contributed by atoms with Gasteiger partial charge in [-0.2, -0.15) is 0 Å². The van der Waals surface area contributed by atoms with Gasteiger partial charge in [-0.3, -0.25) is 4.79 Å². The molecule has 0 atom stereocenters. The summed E-state index contributed by atoms with van der Waals surface area (Å²) in [5.74, 6) is 0.0364. The second-order valence-corrected chi connectivity index (χ2v) is 5.62. The van der Waals surface area contributed by atoms with Crippen molar-refractivity contribution in [3.05, 3.63) is 64.7 Å². The first-order chi connectivity index (χ1) is 9.13. The molecule has 0 fully saturated rings. The van der Waals surface area contributed by atoms with Gasteiger partial charge >= 0.3 is 5.97 Å². The van der Waals surface area contributed by atoms with Gasteiger partial charge in [0.25, 0.3) is 0 Å². The van der Waals surface area contributed by atoms with Gasteiger partial charge in [0.05, 0.1) is 6.42 Å². The highest BCUT2D eigenvalue weighted by Gasteiger charge is 2.01. The smallest absolute Gasteiger partial charge is 0.307 e. The lowest BCUT2D eigenvalue weighted by molar-refractivity contribution is -0.136. The highest BCUT2D eigenvalue weighted by atomic mass is 35.5. The van der Waals surface area contributed by atoms with Crippen molar-refractivity contribution in [1.82, 2.24) is 0 Å². The van der Waals surface area contributed by atoms with Gasteiger partial charge in [0.1, 0.15) is 0 Å². The van der Waals surface area contributed by atoms with E-state index >= 15 is 0 Å². The summed E-state index contributed by atoms with van der Waals surface area (Å²) in [6, 6.07) is 15.4. The van der Waals surface area contributed by atoms with Crippen LogP contribution in [0.3, 0.4) is 0 Å². The quantitative estimate of drug-likeness (QED) is 0.837. The molecule has 2 aromatic carbocycles. The summed E-state index contributed by atoms with van der Waals surface area (Å²) in [6.45, 7) is 0. The molecule has 0 aliphatic carbocycles. The maximum atomic E-state index is 10.6. The molecule has 1 N–H and O–H groups in total. The number of aliphatic carboxylic acids is 1. The molecule has 0 amide bonds. The first-order valence-electron chi connectivity index (χ1n) is 5.81. The van der Waals surface area contributed by atoms with Gasteiger partial charge in [-0.1, -0.05) is 41.9 Å². The van der Waals surface area contributed by atoms with Crippen molar-refractivity contribution >= 4 is 29.3 Å². The van der Waals surface area contributed by atoms with Crippen LogP contribution in [0.15, 0.2) is 53.4 Å². The van der Waals surface area contributed by atoms with Crippen molar-refractivity contribution in [2.45, 2.75) is 17.1 Å². The minimum absolute atomic E-state index is 0.0711. The lowest BCUT2D eigenvalue weighted by Gasteiger charge is -2.04. The van der Waals surface area contributed by atoms with Crippen LogP contribution in [0.25, 0.3) is 0 Å². The minimum Gasteiger partial charge on any atom is -0.481 e. The topological polar surface area (TPSA) is 37.3 Å². The third-order valence-corrected chi connectivity index (χ3v) is 3.88. The van der Waals surface area contributed by atoms with Crippen LogP contribution in [0.5, 0.6) is 0 Å². The maximum absolute atomic E-state index is 10.6. The Labute approximate surface area is 121 Å². The lowest BCUT2D eigenvalue weighted by atomic mass is 10.1. The molecule has 4 heteroatoms. The van der Waals surface area contributed by atoms with E-state index in [1.807, 2.05) is 48.5 Å². The number of carboxylic acid groups (broad SMARTS) is 1. The first-order valence-corrected chi connectivity index (χ1v) is 7.18. The molecular weight excluding hydrogens is 280 g/mol. The fraction of sp³-hybridized carbons (Fsp3) is 0.133. The van der Waals surface area contributed by atoms with Crippen LogP contribution < -0.4 is 0 Å². The third kappa shape index (κ3) is 4.62. The normalized spacial score (nSPS) is 10.4. The van der Waals surface area contributed by atoms with Crippen molar-refractivity contribution < 1.29 is 9.90 Å². The van der Waals surface area contributed by atoms with Crippen molar-refractivity contribution in [2.75, 3.05) is 0 Å². The number of rotatable bonds is 5. The van der Waals surface area contributed by atoms with Gasteiger partial charge in [0.2, 0.25) is 0 Å². The molecule has 0 bridgehead atoms. The van der Waals surface area contributed by atoms with E-state index in [2.05, 4.69) is 0 Å². The van der Waals surface area contributed by atoms with Crippen LogP contribution in [0.1, 0.15) is 11.1 Å². The largest absolute Gasteiger partial charge is 0.481 e. The second kappa shape index (κ2) is 6.64. The molecule has 2 nitrogen and oxygen atoms in total. The predicted octanol–water partition coefficient (Wildman–Crippen LogP) is 4.26. The Hall–Kier alpha value is -1.45. The molecule has 0 saturated carbocycles. The highest BCUT2D eigenvalue weighted by Crippen LogP contribution is 2.25. The van der Waals surface area contributed by atoms with E-state index in [-0.39, 0.29) is 6.42 Å². The average molecular weight is 293 g/mol. The zero-order chi connectivity index (χ0) is 13.7. The second-order valence-electron chi connectivity index (χ2n) is 4.13. The van der Waals surface area contributed by atoms with E-state index in [0.29, 0.717) is 0 Å². The molecule has 0 unspecified atom stereocenters. The molecule has 98 valence electrons. The summed E-state index contributed by atoms with van der Waals surface area (Å²) in [4.78, 5) is 11.7. The van der Waals surface area contributed by atoms with Crippen molar-refractivity contribution in [3.8, 4) is 0 Å². The van der Waals surface area contributed by atoms with Crippen molar-refractivity contribution in [1.29, 1.82) is 0 Å². The fourth-order valence-corrected chi connectivity index (χ4v) is 2.82. The molecule has 0 aliphatic heterocycles. The molecular formula is C15H13ClO2S. The SMILES string of the molecule is O=C(O)Cc1ccc(CSc2cccc(Cl)c2)cc1. The van der Waals surface area contributed by atoms with E-state index in [1.54, 1.807) is 11.8 Å². The number of carboxylic acids is 1. The Kier molecular flexibility index (Phi) is 4.88. The zero-order valence-corrected chi connectivity index (χ0v) is 11.7. The Morgan fingerprint density at radius 3 is 2.42 bits per heavy atom. The Morgan fingerprint density at radius 1 is 1.11 bits per heavy atom. The minimum atomic E-state index is -0.805. The number of benzene rings is 2. The van der Waals surface area contributed by atoms with E-state index in [1.165, 1.54) is 5.56 Å². The van der Waals surface area contributed by atoms with Gasteiger partial charge in [-0.25, -0.2) is 0 Å². The summed E-state index contributed by atoms with van der Waals surface area (Å²) in [5.41, 5.74) is 1.99. The van der Waals surface area contributed by atoms with Gasteiger partial charge in [0.15, 0.2) is 0 Å². The van der Waals surface area contributed by atoms with Crippen LogP contribution in [0, 0.1) is 0 Å². The van der Waals surface area contributed by atoms with E-state index in [9.17, 15) is 4.79 Å². The zero-order valence-electron chi connectivity index (χ0n) is 10.2. The Bertz CT molecular complexity index is 567. The third-order valence-electron chi connectivity index (χ3n) is 2.58. The van der Waals surface area contributed by atoms with E-state index in [4.69, 9.17) is 16.7 Å². The van der Waals surface area contributed by atoms with Crippen LogP contribution >= 0.6 is 23.4 Å². The van der Waals surface area contributed by atoms with Gasteiger partial charge in [0, 0.05) is 15.7 Å². The fourth-order valence-electron chi connectivity index (χ4n) is 1.65. The summed E-state index contributed by atoms with van der Waals surface area (Å²) < 4.78 is 0. The molecule has 0 heterocycles. The summed E-state index contributed by atoms with van der Waals surface area (Å²) in [5, 5.41) is 9.44. The number of hydrogen-bond donors (Lipinski definition) is 1. The summed E-state index contributed by atoms with van der Waals surface area (Å²) >= 11 is 7.63. The number of thioether (sulfide) groups is 1. The van der Waals surface area contributed by atoms with Crippen LogP contribution in [-0.2, 0) is 17.0 Å². The Morgan fingerprint density at radius 2 is 1.79 bits per heavy atom. The average Bonchev–Trinajstić information content (AvgIpc) is 2.37. The van der Waals surface area contributed by atoms with Crippen molar-refractivity contribution in [2.24, 2.45) is 0 Å². The first kappa shape index (κ1) is 14.0. The van der Waals surface area contributed by atoms with Crippen LogP contribution in [0.4, 0.5) is 0 Å². The predicted molar refractivity (Wildman–Crippen MR) is 78.8 cm³/mol. The van der Waals surface area contributed by atoms with Gasteiger partial charge in [-0.15, -0.1) is 11.8 Å². The highest BCUT2D eigenvalue weighted by molar-refractivity contribution is 7.98. The molecule has 2 aromatic rings. The molecule has 0 radical (unpaired) electrons. The van der Waals surface area contributed by atoms with Crippen molar-refractivity contribution in [3.63, 3.8) is 0 Å². The molecule has 0 aromatic heterocycles. The molecule has 0 spiro atoms. The number of halogens is 1. The maximum Gasteiger partial charge on any atom is 0.307 e. The van der Waals surface area contributed by atoms with Gasteiger partial charge in [-0.05, 0) is 29.3 Å². The molecule has 0 aliphatic rings. The molecule has 19 heavy (non-hydrogen) atoms. The van der Waals surface area contributed by atoms with E-state index in [0.717, 1.165) is 21.2 Å². The van der Waals surface area contributed by atoms with Gasteiger partial charge < -0.3 is 5.11 Å². The van der Waals surface area contributed by atoms with Crippen LogP contribution in [-0.4, -0.2) is 11.1 Å². The molecule has 0 saturated heterocycles. The number of hydrogen-bond acceptors (Lipinski definition) is 2. The molecule has 2 rings (SSSR count). The Balaban J connectivity index is 1.94. The standard InChI is InChI=1S/C15H13ClO2S/c16-13-2-1-3-14(9-13)19-10-12-6-4-11(5-7-12)8-15(17)18/h1-7,9H,8,10H2,(H,17,18). The van der Waals surface area contributed by atoms with Crippen LogP contribution in [0.2, 0.25) is 5.02 Å².